The minimum absolute atomic E-state index is 0.504. The molecule has 6 rings (SSSR count). The summed E-state index contributed by atoms with van der Waals surface area (Å²) in [5, 5.41) is 0. The van der Waals surface area contributed by atoms with E-state index in [-0.39, 0.29) is 0 Å². The van der Waals surface area contributed by atoms with Crippen molar-refractivity contribution in [3.63, 3.8) is 0 Å². The van der Waals surface area contributed by atoms with Gasteiger partial charge in [0.05, 0.1) is 32.0 Å². The summed E-state index contributed by atoms with van der Waals surface area (Å²) in [4.78, 5) is 7.18. The van der Waals surface area contributed by atoms with E-state index in [4.69, 9.17) is 13.9 Å². The van der Waals surface area contributed by atoms with Gasteiger partial charge in [-0.1, -0.05) is 139 Å². The minimum atomic E-state index is -0.562. The Kier molecular flexibility index (Phi) is 13.0. The molecule has 5 heteroatoms. The Morgan fingerprint density at radius 3 is 1.79 bits per heavy atom. The summed E-state index contributed by atoms with van der Waals surface area (Å²) in [7, 11) is 0. The van der Waals surface area contributed by atoms with E-state index in [1.165, 1.54) is 27.8 Å². The second-order valence-electron chi connectivity index (χ2n) is 13.5. The van der Waals surface area contributed by atoms with Gasteiger partial charge in [-0.05, 0) is 80.1 Å². The lowest BCUT2D eigenvalue weighted by Gasteiger charge is -2.45. The van der Waals surface area contributed by atoms with Crippen molar-refractivity contribution in [1.29, 1.82) is 0 Å². The van der Waals surface area contributed by atoms with Crippen LogP contribution in [0.4, 0.5) is 0 Å². The molecule has 52 heavy (non-hydrogen) atoms. The molecule has 1 aromatic heterocycles. The lowest BCUT2D eigenvalue weighted by molar-refractivity contribution is 0.0429. The standard InChI is InChI=1S/C47H50N2O3/c1-37(2)16-15-17-38(3)30-33-50-34-31-49(32-35-51-36-39-26-28-40(29-27-39)46-48-44-24-13-14-25-45(44)52-46)47(41-18-7-4-8-19-41,42-20-9-5-10-21-42)43-22-11-6-12-23-43/h4-14,16,18-30H,15,17,31-36H2,1-3H3/b38-30+. The van der Waals surface area contributed by atoms with E-state index in [1.54, 1.807) is 0 Å². The van der Waals surface area contributed by atoms with Crippen LogP contribution < -0.4 is 0 Å². The molecule has 0 N–H and O–H groups in total. The van der Waals surface area contributed by atoms with Gasteiger partial charge in [0.15, 0.2) is 5.58 Å². The molecule has 0 aliphatic carbocycles. The fourth-order valence-electron chi connectivity index (χ4n) is 6.79. The number of hydrogen-bond acceptors (Lipinski definition) is 5. The van der Waals surface area contributed by atoms with Crippen LogP contribution >= 0.6 is 0 Å². The highest BCUT2D eigenvalue weighted by atomic mass is 16.5. The van der Waals surface area contributed by atoms with Crippen LogP contribution in [0, 0.1) is 0 Å². The summed E-state index contributed by atoms with van der Waals surface area (Å²) in [6.07, 6.45) is 6.63. The van der Waals surface area contributed by atoms with Crippen LogP contribution in [-0.4, -0.2) is 42.8 Å². The summed E-state index contributed by atoms with van der Waals surface area (Å²) in [5.41, 5.74) is 9.47. The van der Waals surface area contributed by atoms with Gasteiger partial charge < -0.3 is 13.9 Å². The smallest absolute Gasteiger partial charge is 0.227 e. The largest absolute Gasteiger partial charge is 0.436 e. The Labute approximate surface area is 309 Å². The zero-order valence-electron chi connectivity index (χ0n) is 30.7. The van der Waals surface area contributed by atoms with Crippen molar-refractivity contribution in [2.45, 2.75) is 45.8 Å². The highest BCUT2D eigenvalue weighted by molar-refractivity contribution is 5.76. The molecule has 5 aromatic carbocycles. The number of ether oxygens (including phenoxy) is 2. The Bertz CT molecular complexity index is 1880. The monoisotopic (exact) mass is 690 g/mol. The van der Waals surface area contributed by atoms with Gasteiger partial charge in [0.1, 0.15) is 5.52 Å². The Morgan fingerprint density at radius 1 is 0.654 bits per heavy atom. The number of allylic oxidation sites excluding steroid dienone is 3. The molecule has 266 valence electrons. The Morgan fingerprint density at radius 2 is 1.21 bits per heavy atom. The van der Waals surface area contributed by atoms with E-state index >= 15 is 0 Å². The average molecular weight is 691 g/mol. The Balaban J connectivity index is 1.21. The van der Waals surface area contributed by atoms with Gasteiger partial charge in [0, 0.05) is 18.7 Å². The molecule has 0 fully saturated rings. The van der Waals surface area contributed by atoms with Gasteiger partial charge >= 0.3 is 0 Å². The molecular weight excluding hydrogens is 641 g/mol. The number of nitrogens with zero attached hydrogens (tertiary/aromatic N) is 2. The van der Waals surface area contributed by atoms with Gasteiger partial charge in [-0.25, -0.2) is 4.98 Å². The molecule has 0 unspecified atom stereocenters. The first-order chi connectivity index (χ1) is 25.5. The van der Waals surface area contributed by atoms with Crippen LogP contribution in [0.15, 0.2) is 167 Å². The molecule has 0 aliphatic heterocycles. The van der Waals surface area contributed by atoms with Crippen LogP contribution in [0.2, 0.25) is 0 Å². The number of aromatic nitrogens is 1. The molecule has 0 spiro atoms. The van der Waals surface area contributed by atoms with Crippen LogP contribution in [0.25, 0.3) is 22.6 Å². The van der Waals surface area contributed by atoms with Crippen molar-refractivity contribution in [2.24, 2.45) is 0 Å². The number of benzene rings is 5. The number of hydrogen-bond donors (Lipinski definition) is 0. The minimum Gasteiger partial charge on any atom is -0.436 e. The summed E-state index contributed by atoms with van der Waals surface area (Å²) < 4.78 is 18.7. The van der Waals surface area contributed by atoms with E-state index in [1.807, 2.05) is 24.3 Å². The molecule has 0 radical (unpaired) electrons. The average Bonchev–Trinajstić information content (AvgIpc) is 3.62. The molecule has 6 aromatic rings. The van der Waals surface area contributed by atoms with Crippen LogP contribution in [-0.2, 0) is 21.6 Å². The third kappa shape index (κ3) is 9.23. The zero-order chi connectivity index (χ0) is 36.0. The summed E-state index contributed by atoms with van der Waals surface area (Å²) in [6.45, 7) is 10.1. The van der Waals surface area contributed by atoms with Crippen LogP contribution in [0.3, 0.4) is 0 Å². The van der Waals surface area contributed by atoms with Gasteiger partial charge in [-0.15, -0.1) is 0 Å². The van der Waals surface area contributed by atoms with E-state index in [9.17, 15) is 0 Å². The second kappa shape index (κ2) is 18.4. The van der Waals surface area contributed by atoms with Crippen molar-refractivity contribution < 1.29 is 13.9 Å². The van der Waals surface area contributed by atoms with Crippen molar-refractivity contribution in [3.05, 3.63) is 185 Å². The lowest BCUT2D eigenvalue weighted by Crippen LogP contribution is -2.50. The fraction of sp³-hybridized carbons (Fsp3) is 0.255. The van der Waals surface area contributed by atoms with Crippen LogP contribution in [0.1, 0.15) is 55.9 Å². The normalized spacial score (nSPS) is 12.0. The predicted molar refractivity (Wildman–Crippen MR) is 213 cm³/mol. The lowest BCUT2D eigenvalue weighted by atomic mass is 9.75. The molecular formula is C47H50N2O3. The second-order valence-corrected chi connectivity index (χ2v) is 13.5. The zero-order valence-corrected chi connectivity index (χ0v) is 30.7. The van der Waals surface area contributed by atoms with E-state index < -0.39 is 5.54 Å². The van der Waals surface area contributed by atoms with Crippen molar-refractivity contribution in [1.82, 2.24) is 9.88 Å². The molecule has 0 saturated heterocycles. The number of rotatable bonds is 18. The quantitative estimate of drug-likeness (QED) is 0.0510. The predicted octanol–water partition coefficient (Wildman–Crippen LogP) is 11.0. The van der Waals surface area contributed by atoms with Crippen molar-refractivity contribution in [3.8, 4) is 11.5 Å². The van der Waals surface area contributed by atoms with E-state index in [0.29, 0.717) is 45.4 Å². The maximum atomic E-state index is 6.42. The van der Waals surface area contributed by atoms with Crippen molar-refractivity contribution in [2.75, 3.05) is 32.9 Å². The molecule has 1 heterocycles. The van der Waals surface area contributed by atoms with E-state index in [2.05, 4.69) is 158 Å². The van der Waals surface area contributed by atoms with E-state index in [0.717, 1.165) is 35.1 Å². The highest BCUT2D eigenvalue weighted by Gasteiger charge is 2.41. The fourth-order valence-corrected chi connectivity index (χ4v) is 6.79. The summed E-state index contributed by atoms with van der Waals surface area (Å²) in [5.74, 6) is 0.625. The highest BCUT2D eigenvalue weighted by Crippen LogP contribution is 2.42. The molecule has 0 aliphatic rings. The number of para-hydroxylation sites is 2. The maximum absolute atomic E-state index is 6.42. The molecule has 0 atom stereocenters. The third-order valence-corrected chi connectivity index (χ3v) is 9.46. The van der Waals surface area contributed by atoms with Gasteiger partial charge in [0.2, 0.25) is 5.89 Å². The Hall–Kier alpha value is -5.07. The SMILES string of the molecule is CC(C)=CCC/C(C)=C/COCCN(CCOCc1ccc(-c2nc3ccccc3o2)cc1)C(c1ccccc1)(c1ccccc1)c1ccccc1. The van der Waals surface area contributed by atoms with Gasteiger partial charge in [-0.3, -0.25) is 4.90 Å². The third-order valence-electron chi connectivity index (χ3n) is 9.46. The molecule has 0 amide bonds. The molecule has 5 nitrogen and oxygen atoms in total. The summed E-state index contributed by atoms with van der Waals surface area (Å²) in [6, 6.07) is 48.6. The summed E-state index contributed by atoms with van der Waals surface area (Å²) >= 11 is 0. The van der Waals surface area contributed by atoms with Crippen molar-refractivity contribution >= 4 is 11.1 Å². The van der Waals surface area contributed by atoms with Crippen LogP contribution in [0.5, 0.6) is 0 Å². The maximum Gasteiger partial charge on any atom is 0.227 e. The van der Waals surface area contributed by atoms with Gasteiger partial charge in [-0.2, -0.15) is 0 Å². The molecule has 0 bridgehead atoms. The number of fused-ring (bicyclic) bond motifs is 1. The first-order valence-electron chi connectivity index (χ1n) is 18.3. The first kappa shape index (κ1) is 36.7. The topological polar surface area (TPSA) is 47.7 Å². The number of oxazole rings is 1. The first-order valence-corrected chi connectivity index (χ1v) is 18.3. The molecule has 0 saturated carbocycles. The van der Waals surface area contributed by atoms with Gasteiger partial charge in [0.25, 0.3) is 0 Å².